The number of nitrogens with two attached hydrogens (primary N) is 1. The van der Waals surface area contributed by atoms with Gasteiger partial charge in [-0.05, 0) is 24.5 Å². The van der Waals surface area contributed by atoms with E-state index in [2.05, 4.69) is 10.5 Å². The van der Waals surface area contributed by atoms with Crippen LogP contribution in [-0.4, -0.2) is 16.5 Å². The Labute approximate surface area is 132 Å². The number of nitrogen functional groups attached to an aromatic ring is 1. The van der Waals surface area contributed by atoms with Crippen LogP contribution >= 0.6 is 0 Å². The molecule has 0 fully saturated rings. The second-order valence-electron chi connectivity index (χ2n) is 5.23. The quantitative estimate of drug-likeness (QED) is 0.514. The van der Waals surface area contributed by atoms with Crippen molar-refractivity contribution in [3.05, 3.63) is 69.3 Å². The van der Waals surface area contributed by atoms with Gasteiger partial charge in [-0.3, -0.25) is 14.9 Å². The first-order chi connectivity index (χ1) is 11.0. The van der Waals surface area contributed by atoms with Gasteiger partial charge in [0.05, 0.1) is 16.2 Å². The van der Waals surface area contributed by atoms with Gasteiger partial charge in [0.15, 0.2) is 0 Å². The number of amides is 1. The molecule has 2 aromatic rings. The van der Waals surface area contributed by atoms with Crippen LogP contribution in [0, 0.1) is 10.1 Å². The molecule has 0 saturated carbocycles. The molecule has 7 heteroatoms. The van der Waals surface area contributed by atoms with Crippen LogP contribution in [0.3, 0.4) is 0 Å². The Bertz CT molecular complexity index is 830. The number of nitro benzene ring substituents is 1. The molecule has 1 aliphatic rings. The Kier molecular flexibility index (Phi) is 3.76. The number of nitrogens with zero attached hydrogens (tertiary/aromatic N) is 2. The Balaban J connectivity index is 1.81. The number of hydrogen-bond acceptors (Lipinski definition) is 5. The number of fused-ring (bicyclic) bond motifs is 1. The number of benzene rings is 2. The van der Waals surface area contributed by atoms with Gasteiger partial charge in [-0.25, -0.2) is 5.43 Å². The van der Waals surface area contributed by atoms with Gasteiger partial charge in [0.25, 0.3) is 11.6 Å². The highest BCUT2D eigenvalue weighted by atomic mass is 16.6. The van der Waals surface area contributed by atoms with Crippen molar-refractivity contribution in [2.75, 3.05) is 5.73 Å². The summed E-state index contributed by atoms with van der Waals surface area (Å²) >= 11 is 0. The maximum atomic E-state index is 12.1. The topological polar surface area (TPSA) is 111 Å². The molecule has 3 rings (SSSR count). The zero-order valence-corrected chi connectivity index (χ0v) is 12.2. The van der Waals surface area contributed by atoms with Gasteiger partial charge in [-0.2, -0.15) is 5.10 Å². The summed E-state index contributed by atoms with van der Waals surface area (Å²) in [5.74, 6) is -0.530. The Morgan fingerprint density at radius 3 is 2.78 bits per heavy atom. The standard InChI is InChI=1S/C16H14N4O3/c17-12-7-11(8-13(9-12)20(22)23)16(21)19-18-15-6-5-10-3-1-2-4-14(10)15/h1-4,7-9H,5-6,17H2,(H,19,21)/b18-15-. The lowest BCUT2D eigenvalue weighted by molar-refractivity contribution is -0.384. The third-order valence-corrected chi connectivity index (χ3v) is 3.66. The fraction of sp³-hybridized carbons (Fsp3) is 0.125. The van der Waals surface area contributed by atoms with E-state index in [9.17, 15) is 14.9 Å². The van der Waals surface area contributed by atoms with Crippen LogP contribution in [0.1, 0.15) is 27.9 Å². The molecule has 0 unspecified atom stereocenters. The number of nitrogens with one attached hydrogen (secondary N) is 1. The number of carbonyl (C=O) groups is 1. The van der Waals surface area contributed by atoms with Crippen LogP contribution in [0.15, 0.2) is 47.6 Å². The van der Waals surface area contributed by atoms with E-state index in [1.807, 2.05) is 24.3 Å². The molecule has 0 spiro atoms. The number of rotatable bonds is 3. The van der Waals surface area contributed by atoms with Gasteiger partial charge in [0.2, 0.25) is 0 Å². The number of anilines is 1. The molecule has 2 aromatic carbocycles. The number of non-ortho nitro benzene ring substituents is 1. The van der Waals surface area contributed by atoms with Crippen LogP contribution < -0.4 is 11.2 Å². The summed E-state index contributed by atoms with van der Waals surface area (Å²) in [6.07, 6.45) is 1.63. The second-order valence-corrected chi connectivity index (χ2v) is 5.23. The summed E-state index contributed by atoms with van der Waals surface area (Å²) in [4.78, 5) is 22.4. The van der Waals surface area contributed by atoms with E-state index in [1.54, 1.807) is 0 Å². The zero-order chi connectivity index (χ0) is 16.4. The normalized spacial score (nSPS) is 14.5. The first-order valence-corrected chi connectivity index (χ1v) is 7.05. The predicted molar refractivity (Wildman–Crippen MR) is 86.3 cm³/mol. The first-order valence-electron chi connectivity index (χ1n) is 7.05. The van der Waals surface area contributed by atoms with Crippen molar-refractivity contribution in [2.45, 2.75) is 12.8 Å². The average molecular weight is 310 g/mol. The van der Waals surface area contributed by atoms with Crippen molar-refractivity contribution in [3.8, 4) is 0 Å². The smallest absolute Gasteiger partial charge is 0.272 e. The third kappa shape index (κ3) is 3.03. The third-order valence-electron chi connectivity index (χ3n) is 3.66. The highest BCUT2D eigenvalue weighted by Crippen LogP contribution is 2.22. The fourth-order valence-corrected chi connectivity index (χ4v) is 2.58. The Morgan fingerprint density at radius 2 is 2.00 bits per heavy atom. The minimum Gasteiger partial charge on any atom is -0.399 e. The van der Waals surface area contributed by atoms with Gasteiger partial charge in [-0.15, -0.1) is 0 Å². The largest absolute Gasteiger partial charge is 0.399 e. The molecule has 23 heavy (non-hydrogen) atoms. The molecule has 0 saturated heterocycles. The van der Waals surface area contributed by atoms with Crippen LogP contribution in [0.4, 0.5) is 11.4 Å². The lowest BCUT2D eigenvalue weighted by Crippen LogP contribution is -2.19. The maximum absolute atomic E-state index is 12.1. The Morgan fingerprint density at radius 1 is 1.22 bits per heavy atom. The van der Waals surface area contributed by atoms with Crippen molar-refractivity contribution in [1.82, 2.24) is 5.43 Å². The number of carbonyl (C=O) groups excluding carboxylic acids is 1. The molecule has 0 aromatic heterocycles. The molecule has 1 aliphatic carbocycles. The van der Waals surface area contributed by atoms with E-state index >= 15 is 0 Å². The van der Waals surface area contributed by atoms with Crippen molar-refractivity contribution >= 4 is 23.0 Å². The lowest BCUT2D eigenvalue weighted by Gasteiger charge is -2.04. The summed E-state index contributed by atoms with van der Waals surface area (Å²) in [5, 5.41) is 15.0. The van der Waals surface area contributed by atoms with Crippen molar-refractivity contribution in [3.63, 3.8) is 0 Å². The number of hydrazone groups is 1. The number of nitro groups is 1. The van der Waals surface area contributed by atoms with Crippen LogP contribution in [0.2, 0.25) is 0 Å². The van der Waals surface area contributed by atoms with Crippen molar-refractivity contribution in [1.29, 1.82) is 0 Å². The molecule has 0 bridgehead atoms. The Hall–Kier alpha value is -3.22. The van der Waals surface area contributed by atoms with Crippen LogP contribution in [0.25, 0.3) is 0 Å². The van der Waals surface area contributed by atoms with E-state index in [-0.39, 0.29) is 16.9 Å². The van der Waals surface area contributed by atoms with Crippen LogP contribution in [-0.2, 0) is 6.42 Å². The molecule has 0 atom stereocenters. The second kappa shape index (κ2) is 5.88. The molecule has 1 amide bonds. The molecule has 0 aliphatic heterocycles. The van der Waals surface area contributed by atoms with E-state index in [0.717, 1.165) is 24.1 Å². The summed E-state index contributed by atoms with van der Waals surface area (Å²) in [6, 6.07) is 11.6. The minimum absolute atomic E-state index is 0.104. The van der Waals surface area contributed by atoms with Gasteiger partial charge in [-0.1, -0.05) is 24.3 Å². The monoisotopic (exact) mass is 310 g/mol. The number of hydrogen-bond donors (Lipinski definition) is 2. The molecule has 0 heterocycles. The van der Waals surface area contributed by atoms with Crippen molar-refractivity contribution in [2.24, 2.45) is 5.10 Å². The van der Waals surface area contributed by atoms with E-state index < -0.39 is 10.8 Å². The molecular weight excluding hydrogens is 296 g/mol. The molecule has 7 nitrogen and oxygen atoms in total. The summed E-state index contributed by atoms with van der Waals surface area (Å²) in [5.41, 5.74) is 11.1. The lowest BCUT2D eigenvalue weighted by atomic mass is 10.1. The van der Waals surface area contributed by atoms with E-state index in [1.165, 1.54) is 23.8 Å². The van der Waals surface area contributed by atoms with Gasteiger partial charge < -0.3 is 5.73 Å². The molecule has 3 N–H and O–H groups in total. The first kappa shape index (κ1) is 14.7. The molecule has 116 valence electrons. The number of aryl methyl sites for hydroxylation is 1. The van der Waals surface area contributed by atoms with Gasteiger partial charge in [0, 0.05) is 23.4 Å². The molecule has 0 radical (unpaired) electrons. The highest BCUT2D eigenvalue weighted by Gasteiger charge is 2.18. The summed E-state index contributed by atoms with van der Waals surface area (Å²) < 4.78 is 0. The summed E-state index contributed by atoms with van der Waals surface area (Å²) in [7, 11) is 0. The highest BCUT2D eigenvalue weighted by molar-refractivity contribution is 6.05. The maximum Gasteiger partial charge on any atom is 0.272 e. The minimum atomic E-state index is -0.591. The van der Waals surface area contributed by atoms with Gasteiger partial charge >= 0.3 is 0 Å². The van der Waals surface area contributed by atoms with Crippen LogP contribution in [0.5, 0.6) is 0 Å². The zero-order valence-electron chi connectivity index (χ0n) is 12.2. The van der Waals surface area contributed by atoms with Crippen molar-refractivity contribution < 1.29 is 9.72 Å². The predicted octanol–water partition coefficient (Wildman–Crippen LogP) is 2.26. The summed E-state index contributed by atoms with van der Waals surface area (Å²) in [6.45, 7) is 0. The average Bonchev–Trinajstić information content (AvgIpc) is 2.95. The van der Waals surface area contributed by atoms with E-state index in [0.29, 0.717) is 0 Å². The fourth-order valence-electron chi connectivity index (χ4n) is 2.58. The van der Waals surface area contributed by atoms with E-state index in [4.69, 9.17) is 5.73 Å². The molecular formula is C16H14N4O3. The van der Waals surface area contributed by atoms with Gasteiger partial charge in [0.1, 0.15) is 0 Å². The SMILES string of the molecule is Nc1cc(C(=O)N/N=C2/CCc3ccccc32)cc([N+](=O)[O-])c1.